The maximum atomic E-state index is 12.5. The first kappa shape index (κ1) is 28.9. The lowest BCUT2D eigenvalue weighted by Gasteiger charge is -2.44. The zero-order valence-corrected chi connectivity index (χ0v) is 24.0. The Kier molecular flexibility index (Phi) is 8.07. The van der Waals surface area contributed by atoms with Gasteiger partial charge in [0.15, 0.2) is 29.1 Å². The molecule has 40 heavy (non-hydrogen) atoms. The van der Waals surface area contributed by atoms with Crippen LogP contribution in [0, 0.1) is 5.92 Å². The van der Waals surface area contributed by atoms with Crippen molar-refractivity contribution in [3.63, 3.8) is 0 Å². The summed E-state index contributed by atoms with van der Waals surface area (Å²) in [5.74, 6) is -0.633. The van der Waals surface area contributed by atoms with E-state index >= 15 is 0 Å². The summed E-state index contributed by atoms with van der Waals surface area (Å²) in [4.78, 5) is 12.5. The largest absolute Gasteiger partial charge is 0.504 e. The molecule has 0 bridgehead atoms. The summed E-state index contributed by atoms with van der Waals surface area (Å²) in [5, 5.41) is 24.1. The summed E-state index contributed by atoms with van der Waals surface area (Å²) in [7, 11) is 7.36. The van der Waals surface area contributed by atoms with Gasteiger partial charge in [0.05, 0.1) is 35.5 Å². The molecule has 0 aromatic heterocycles. The SMILES string of the molecule is COc1cc2c(c(O)c1OC)-c1c(cc(OC)c(OC)c1OC)[C@H](c1ccccc1)[C@@H](C)[C@@](C)(O)[C@H]2OC(C)=O. The van der Waals surface area contributed by atoms with Crippen molar-refractivity contribution in [2.24, 2.45) is 5.92 Å². The molecule has 1 aliphatic carbocycles. The molecule has 0 radical (unpaired) electrons. The zero-order chi connectivity index (χ0) is 29.4. The molecule has 4 rings (SSSR count). The molecule has 1 aliphatic rings. The lowest BCUT2D eigenvalue weighted by Crippen LogP contribution is -2.45. The molecule has 214 valence electrons. The molecule has 0 unspecified atom stereocenters. The van der Waals surface area contributed by atoms with Gasteiger partial charge in [-0.1, -0.05) is 37.3 Å². The van der Waals surface area contributed by atoms with Gasteiger partial charge >= 0.3 is 5.97 Å². The maximum absolute atomic E-state index is 12.5. The first-order valence-corrected chi connectivity index (χ1v) is 12.8. The number of aliphatic hydroxyl groups is 1. The minimum atomic E-state index is -1.63. The Morgan fingerprint density at radius 3 is 1.88 bits per heavy atom. The number of benzene rings is 3. The Balaban J connectivity index is 2.32. The van der Waals surface area contributed by atoms with Crippen molar-refractivity contribution < 1.29 is 43.4 Å². The van der Waals surface area contributed by atoms with Crippen LogP contribution >= 0.6 is 0 Å². The Labute approximate surface area is 234 Å². The number of esters is 1. The molecule has 0 amide bonds. The summed E-state index contributed by atoms with van der Waals surface area (Å²) >= 11 is 0. The first-order chi connectivity index (χ1) is 19.1. The number of fused-ring (bicyclic) bond motifs is 3. The van der Waals surface area contributed by atoms with E-state index in [0.29, 0.717) is 28.2 Å². The average molecular weight is 553 g/mol. The van der Waals surface area contributed by atoms with E-state index in [2.05, 4.69) is 0 Å². The summed E-state index contributed by atoms with van der Waals surface area (Å²) < 4.78 is 34.3. The Morgan fingerprint density at radius 2 is 1.35 bits per heavy atom. The number of ether oxygens (including phenoxy) is 6. The van der Waals surface area contributed by atoms with Crippen molar-refractivity contribution in [3.05, 3.63) is 59.2 Å². The number of methoxy groups -OCH3 is 5. The molecule has 3 aromatic carbocycles. The number of rotatable bonds is 7. The minimum Gasteiger partial charge on any atom is -0.504 e. The van der Waals surface area contributed by atoms with Gasteiger partial charge < -0.3 is 38.6 Å². The van der Waals surface area contributed by atoms with E-state index < -0.39 is 29.5 Å². The van der Waals surface area contributed by atoms with E-state index in [4.69, 9.17) is 28.4 Å². The topological polar surface area (TPSA) is 113 Å². The molecule has 9 heteroatoms. The predicted molar refractivity (Wildman–Crippen MR) is 149 cm³/mol. The second-order valence-corrected chi connectivity index (χ2v) is 9.93. The molecule has 4 atom stereocenters. The van der Waals surface area contributed by atoms with E-state index in [1.54, 1.807) is 13.0 Å². The Hall–Kier alpha value is -4.11. The Bertz CT molecular complexity index is 1400. The van der Waals surface area contributed by atoms with Gasteiger partial charge in [0.25, 0.3) is 0 Å². The third kappa shape index (κ3) is 4.54. The van der Waals surface area contributed by atoms with Crippen molar-refractivity contribution in [2.75, 3.05) is 35.5 Å². The number of phenolic OH excluding ortho intramolecular Hbond substituents is 1. The van der Waals surface area contributed by atoms with Crippen molar-refractivity contribution in [1.29, 1.82) is 0 Å². The highest BCUT2D eigenvalue weighted by molar-refractivity contribution is 5.89. The summed E-state index contributed by atoms with van der Waals surface area (Å²) in [5.41, 5.74) is 0.965. The van der Waals surface area contributed by atoms with Gasteiger partial charge in [-0.25, -0.2) is 0 Å². The first-order valence-electron chi connectivity index (χ1n) is 12.8. The smallest absolute Gasteiger partial charge is 0.303 e. The molecule has 3 aromatic rings. The fourth-order valence-electron chi connectivity index (χ4n) is 5.78. The highest BCUT2D eigenvalue weighted by Crippen LogP contribution is 2.61. The number of phenols is 1. The van der Waals surface area contributed by atoms with Crippen LogP contribution in [0.25, 0.3) is 11.1 Å². The second-order valence-electron chi connectivity index (χ2n) is 9.93. The molecule has 0 spiro atoms. The van der Waals surface area contributed by atoms with Crippen LogP contribution in [0.4, 0.5) is 0 Å². The van der Waals surface area contributed by atoms with Crippen LogP contribution in [0.3, 0.4) is 0 Å². The predicted octanol–water partition coefficient (Wildman–Crippen LogP) is 5.24. The highest BCUT2D eigenvalue weighted by atomic mass is 16.6. The normalized spacial score (nSPS) is 21.7. The second kappa shape index (κ2) is 11.2. The van der Waals surface area contributed by atoms with Crippen LogP contribution in [-0.4, -0.2) is 57.3 Å². The van der Waals surface area contributed by atoms with Crippen molar-refractivity contribution in [2.45, 2.75) is 38.4 Å². The monoisotopic (exact) mass is 552 g/mol. The molecule has 0 fully saturated rings. The number of carbonyl (C=O) groups excluding carboxylic acids is 1. The van der Waals surface area contributed by atoms with E-state index in [-0.39, 0.29) is 28.6 Å². The quantitative estimate of drug-likeness (QED) is 0.380. The van der Waals surface area contributed by atoms with Gasteiger partial charge in [0.1, 0.15) is 5.60 Å². The summed E-state index contributed by atoms with van der Waals surface area (Å²) in [6, 6.07) is 13.1. The molecule has 0 aliphatic heterocycles. The standard InChI is InChI=1S/C31H36O9/c1-16-23(18-12-10-9-11-13-18)19-14-22(36-5)28(38-7)29(39-8)25(19)24-20(30(31(16,3)34)40-17(2)32)15-21(35-4)27(37-6)26(24)33/h9-16,23,30,33-34H,1-8H3/t16-,23+,30+,31-/m1/s1. The number of aromatic hydroxyl groups is 1. The molecule has 0 saturated heterocycles. The zero-order valence-electron chi connectivity index (χ0n) is 24.0. The van der Waals surface area contributed by atoms with Crippen LogP contribution in [-0.2, 0) is 9.53 Å². The maximum Gasteiger partial charge on any atom is 0.303 e. The van der Waals surface area contributed by atoms with Crippen LogP contribution in [0.15, 0.2) is 42.5 Å². The fraction of sp³-hybridized carbons (Fsp3) is 0.387. The lowest BCUT2D eigenvalue weighted by atomic mass is 9.66. The molecule has 0 saturated carbocycles. The molecular weight excluding hydrogens is 516 g/mol. The number of carbonyl (C=O) groups is 1. The van der Waals surface area contributed by atoms with Crippen LogP contribution in [0.2, 0.25) is 0 Å². The third-order valence-corrected chi connectivity index (χ3v) is 7.80. The van der Waals surface area contributed by atoms with E-state index in [9.17, 15) is 15.0 Å². The van der Waals surface area contributed by atoms with Gasteiger partial charge in [-0.05, 0) is 36.1 Å². The number of hydrogen-bond acceptors (Lipinski definition) is 9. The third-order valence-electron chi connectivity index (χ3n) is 7.80. The van der Waals surface area contributed by atoms with Gasteiger partial charge in [-0.15, -0.1) is 0 Å². The van der Waals surface area contributed by atoms with Crippen LogP contribution in [0.5, 0.6) is 34.5 Å². The lowest BCUT2D eigenvalue weighted by molar-refractivity contribution is -0.169. The van der Waals surface area contributed by atoms with Gasteiger partial charge in [-0.2, -0.15) is 0 Å². The highest BCUT2D eigenvalue weighted by Gasteiger charge is 2.50. The van der Waals surface area contributed by atoms with Gasteiger partial charge in [0.2, 0.25) is 11.5 Å². The van der Waals surface area contributed by atoms with Crippen LogP contribution in [0.1, 0.15) is 49.5 Å². The van der Waals surface area contributed by atoms with E-state index in [0.717, 1.165) is 5.56 Å². The number of hydrogen-bond donors (Lipinski definition) is 2. The van der Waals surface area contributed by atoms with Crippen molar-refractivity contribution in [3.8, 4) is 45.6 Å². The molecule has 2 N–H and O–H groups in total. The van der Waals surface area contributed by atoms with Crippen molar-refractivity contribution in [1.82, 2.24) is 0 Å². The van der Waals surface area contributed by atoms with Crippen molar-refractivity contribution >= 4 is 5.97 Å². The van der Waals surface area contributed by atoms with Gasteiger partial charge in [-0.3, -0.25) is 4.79 Å². The summed E-state index contributed by atoms with van der Waals surface area (Å²) in [6.07, 6.45) is -1.21. The van der Waals surface area contributed by atoms with E-state index in [1.165, 1.54) is 42.5 Å². The van der Waals surface area contributed by atoms with Crippen LogP contribution < -0.4 is 23.7 Å². The van der Waals surface area contributed by atoms with E-state index in [1.807, 2.05) is 43.3 Å². The minimum absolute atomic E-state index is 0.0649. The van der Waals surface area contributed by atoms with Gasteiger partial charge in [0, 0.05) is 29.5 Å². The fourth-order valence-corrected chi connectivity index (χ4v) is 5.78. The molecule has 0 heterocycles. The average Bonchev–Trinajstić information content (AvgIpc) is 2.94. The Morgan fingerprint density at radius 1 is 0.800 bits per heavy atom. The molecule has 9 nitrogen and oxygen atoms in total. The molecular formula is C31H36O9. The summed E-state index contributed by atoms with van der Waals surface area (Å²) in [6.45, 7) is 4.80.